The highest BCUT2D eigenvalue weighted by atomic mass is 32.2. The molecule has 3 atom stereocenters. The summed E-state index contributed by atoms with van der Waals surface area (Å²) < 4.78 is 71.1. The topological polar surface area (TPSA) is 245 Å². The van der Waals surface area contributed by atoms with E-state index < -0.39 is 86.3 Å². The van der Waals surface area contributed by atoms with Gasteiger partial charge in [-0.2, -0.15) is 13.2 Å². The molecule has 2 aromatic rings. The summed E-state index contributed by atoms with van der Waals surface area (Å²) in [5, 5.41) is 24.4. The van der Waals surface area contributed by atoms with Crippen LogP contribution in [0.2, 0.25) is 0 Å². The molecule has 1 aromatic carbocycles. The van der Waals surface area contributed by atoms with E-state index in [9.17, 15) is 50.7 Å². The van der Waals surface area contributed by atoms with Gasteiger partial charge in [-0.1, -0.05) is 37.3 Å². The molecule has 4 amide bonds. The van der Waals surface area contributed by atoms with Crippen LogP contribution in [0.5, 0.6) is 0 Å². The monoisotopic (exact) mass is 812 g/mol. The van der Waals surface area contributed by atoms with Crippen LogP contribution in [0, 0.1) is 5.92 Å². The highest BCUT2D eigenvalue weighted by molar-refractivity contribution is 7.89. The van der Waals surface area contributed by atoms with Gasteiger partial charge in [-0.3, -0.25) is 24.0 Å². The molecule has 1 unspecified atom stereocenters. The zero-order valence-corrected chi connectivity index (χ0v) is 31.8. The molecule has 0 spiro atoms. The number of nitrogens with one attached hydrogen (secondary N) is 3. The third-order valence-corrected chi connectivity index (χ3v) is 12.0. The van der Waals surface area contributed by atoms with E-state index in [1.807, 2.05) is 0 Å². The zero-order chi connectivity index (χ0) is 41.1. The van der Waals surface area contributed by atoms with Crippen molar-refractivity contribution in [3.8, 4) is 0 Å². The van der Waals surface area contributed by atoms with E-state index in [2.05, 4.69) is 20.9 Å². The Morgan fingerprint density at radius 2 is 1.70 bits per heavy atom. The van der Waals surface area contributed by atoms with Crippen molar-refractivity contribution in [2.24, 2.45) is 11.7 Å². The number of primary amides is 1. The molecule has 17 nitrogen and oxygen atoms in total. The van der Waals surface area contributed by atoms with E-state index in [1.54, 1.807) is 0 Å². The Bertz CT molecular complexity index is 1890. The fourth-order valence-electron chi connectivity index (χ4n) is 7.58. The molecule has 3 aliphatic rings. The van der Waals surface area contributed by atoms with Crippen molar-refractivity contribution in [1.82, 2.24) is 35.2 Å². The van der Waals surface area contributed by atoms with E-state index in [0.29, 0.717) is 5.69 Å². The molecule has 6 N–H and O–H groups in total. The molecule has 5 rings (SSSR count). The van der Waals surface area contributed by atoms with Gasteiger partial charge in [0, 0.05) is 44.6 Å². The van der Waals surface area contributed by atoms with Gasteiger partial charge in [0.25, 0.3) is 11.8 Å². The minimum atomic E-state index is -4.79. The lowest BCUT2D eigenvalue weighted by molar-refractivity contribution is -0.147. The number of halogens is 3. The molecule has 0 bridgehead atoms. The second-order valence-corrected chi connectivity index (χ2v) is 16.9. The van der Waals surface area contributed by atoms with E-state index in [1.165, 1.54) is 34.3 Å². The van der Waals surface area contributed by atoms with Crippen molar-refractivity contribution in [3.63, 3.8) is 0 Å². The first kappa shape index (κ1) is 42.7. The van der Waals surface area contributed by atoms with Gasteiger partial charge < -0.3 is 31.1 Å². The summed E-state index contributed by atoms with van der Waals surface area (Å²) in [5.41, 5.74) is 2.49. The first-order valence-corrected chi connectivity index (χ1v) is 19.8. The largest absolute Gasteiger partial charge is 0.402 e. The van der Waals surface area contributed by atoms with Crippen LogP contribution in [0.1, 0.15) is 93.7 Å². The normalized spacial score (nSPS) is 21.3. The molecule has 3 fully saturated rings. The standard InChI is InChI=1S/C35H47F3N8O9S/c1-33(2,52)27-18-40-44-46(27)23-17-26(31(50)43-34(28(47)29(39)48)12-14-55-15-13-34)45(19-23)32(51)25(16-21-6-4-3-5-7-21)42-30(49)22-8-10-24(11-9-22)56(53,54)41-20-35(36,37)38/h8-11,18,21,23,25-26,41,52H,3-7,12-17,19-20H2,1-2H3,(H2,39,48)(H,42,49)(H,43,50)/t23-,25?,26-/m0/s1. The number of rotatable bonds is 14. The second kappa shape index (κ2) is 16.9. The van der Waals surface area contributed by atoms with E-state index in [-0.39, 0.29) is 56.9 Å². The summed E-state index contributed by atoms with van der Waals surface area (Å²) in [4.78, 5) is 68.7. The number of nitrogens with two attached hydrogens (primary N) is 1. The Hall–Kier alpha value is -4.47. The van der Waals surface area contributed by atoms with E-state index in [4.69, 9.17) is 10.5 Å². The summed E-state index contributed by atoms with van der Waals surface area (Å²) >= 11 is 0. The van der Waals surface area contributed by atoms with Crippen LogP contribution in [0.25, 0.3) is 0 Å². The minimum Gasteiger partial charge on any atom is -0.384 e. The molecule has 1 saturated carbocycles. The van der Waals surface area contributed by atoms with Crippen LogP contribution in [0.3, 0.4) is 0 Å². The molecule has 3 heterocycles. The maximum Gasteiger partial charge on any atom is 0.402 e. The molecule has 1 aromatic heterocycles. The summed E-state index contributed by atoms with van der Waals surface area (Å²) in [7, 11) is -4.56. The third-order valence-electron chi connectivity index (χ3n) is 10.6. The SMILES string of the molecule is CC(C)(O)c1cnnn1[C@H]1C[C@@H](C(=O)NC2(C(=O)C(N)=O)CCOCC2)N(C(=O)C(CC2CCCCC2)NC(=O)c2ccc(S(=O)(=O)NCC(F)(F)F)cc2)C1. The summed E-state index contributed by atoms with van der Waals surface area (Å²) in [5.74, 6) is -4.43. The van der Waals surface area contributed by atoms with Gasteiger partial charge in [0.15, 0.2) is 0 Å². The number of benzene rings is 1. The van der Waals surface area contributed by atoms with Gasteiger partial charge >= 0.3 is 6.18 Å². The predicted octanol–water partition coefficient (Wildman–Crippen LogP) is 0.977. The second-order valence-electron chi connectivity index (χ2n) is 15.1. The number of likely N-dealkylation sites (tertiary alicyclic amines) is 1. The first-order valence-electron chi connectivity index (χ1n) is 18.4. The maximum absolute atomic E-state index is 14.7. The van der Waals surface area contributed by atoms with Gasteiger partial charge in [-0.25, -0.2) is 17.8 Å². The number of aliphatic hydroxyl groups is 1. The van der Waals surface area contributed by atoms with Gasteiger partial charge in [0.1, 0.15) is 29.8 Å². The number of carbonyl (C=O) groups excluding carboxylic acids is 5. The molecule has 0 radical (unpaired) electrons. The zero-order valence-electron chi connectivity index (χ0n) is 31.0. The van der Waals surface area contributed by atoms with E-state index in [0.717, 1.165) is 56.4 Å². The number of aromatic nitrogens is 3. The van der Waals surface area contributed by atoms with Crippen LogP contribution in [0.4, 0.5) is 13.2 Å². The smallest absolute Gasteiger partial charge is 0.384 e. The van der Waals surface area contributed by atoms with Crippen LogP contribution in [0.15, 0.2) is 35.4 Å². The fourth-order valence-corrected chi connectivity index (χ4v) is 8.60. The number of sulfonamides is 1. The molecule has 56 heavy (non-hydrogen) atoms. The quantitative estimate of drug-likeness (QED) is 0.168. The number of Topliss-reactive ketones (excluding diaryl/α,β-unsaturated/α-hetero) is 1. The Balaban J connectivity index is 1.45. The summed E-state index contributed by atoms with van der Waals surface area (Å²) in [6.45, 7) is 1.23. The van der Waals surface area contributed by atoms with Crippen LogP contribution >= 0.6 is 0 Å². The van der Waals surface area contributed by atoms with Crippen molar-refractivity contribution < 1.29 is 55.4 Å². The summed E-state index contributed by atoms with van der Waals surface area (Å²) in [6, 6.07) is 0.977. The minimum absolute atomic E-state index is 0.0201. The van der Waals surface area contributed by atoms with Crippen molar-refractivity contribution in [1.29, 1.82) is 0 Å². The number of hydrogen-bond donors (Lipinski definition) is 5. The average molecular weight is 813 g/mol. The van der Waals surface area contributed by atoms with Crippen LogP contribution < -0.4 is 21.1 Å². The van der Waals surface area contributed by atoms with Crippen molar-refractivity contribution in [2.45, 2.75) is 112 Å². The molecule has 2 saturated heterocycles. The van der Waals surface area contributed by atoms with Crippen molar-refractivity contribution in [3.05, 3.63) is 41.7 Å². The Labute approximate surface area is 321 Å². The molecule has 21 heteroatoms. The lowest BCUT2D eigenvalue weighted by Crippen LogP contribution is -2.64. The maximum atomic E-state index is 14.7. The van der Waals surface area contributed by atoms with E-state index >= 15 is 0 Å². The van der Waals surface area contributed by atoms with Crippen molar-refractivity contribution in [2.75, 3.05) is 26.3 Å². The number of ketones is 1. The number of alkyl halides is 3. The van der Waals surface area contributed by atoms with Crippen molar-refractivity contribution >= 4 is 39.4 Å². The number of nitrogens with zero attached hydrogens (tertiary/aromatic N) is 4. The Morgan fingerprint density at radius 3 is 2.29 bits per heavy atom. The lowest BCUT2D eigenvalue weighted by atomic mass is 9.84. The molecular weight excluding hydrogens is 765 g/mol. The fraction of sp³-hybridized carbons (Fsp3) is 0.629. The van der Waals surface area contributed by atoms with Gasteiger partial charge in [-0.15, -0.1) is 5.10 Å². The predicted molar refractivity (Wildman–Crippen MR) is 190 cm³/mol. The summed E-state index contributed by atoms with van der Waals surface area (Å²) in [6.07, 6.45) is 0.972. The van der Waals surface area contributed by atoms with Crippen LogP contribution in [-0.2, 0) is 39.5 Å². The highest BCUT2D eigenvalue weighted by Gasteiger charge is 2.49. The average Bonchev–Trinajstić information content (AvgIpc) is 3.83. The number of carbonyl (C=O) groups is 5. The number of ether oxygens (including phenoxy) is 1. The lowest BCUT2D eigenvalue weighted by Gasteiger charge is -2.37. The van der Waals surface area contributed by atoms with Gasteiger partial charge in [-0.05, 0) is 50.5 Å². The third kappa shape index (κ3) is 10.1. The number of hydrogen-bond acceptors (Lipinski definition) is 11. The number of amides is 4. The molecule has 1 aliphatic carbocycles. The molecule has 2 aliphatic heterocycles. The van der Waals surface area contributed by atoms with Crippen LogP contribution in [-0.4, -0.2) is 113 Å². The molecule has 308 valence electrons. The highest BCUT2D eigenvalue weighted by Crippen LogP contribution is 2.34. The van der Waals surface area contributed by atoms with Gasteiger partial charge in [0.05, 0.1) is 22.8 Å². The Kier molecular flexibility index (Phi) is 12.9. The molecular formula is C35H47F3N8O9S. The Morgan fingerprint density at radius 1 is 1.05 bits per heavy atom. The van der Waals surface area contributed by atoms with Gasteiger partial charge in [0.2, 0.25) is 27.6 Å². The first-order chi connectivity index (χ1) is 26.2.